The fourth-order valence-corrected chi connectivity index (χ4v) is 5.24. The van der Waals surface area contributed by atoms with Gasteiger partial charge in [0.2, 0.25) is 11.8 Å². The highest BCUT2D eigenvalue weighted by Gasteiger charge is 2.44. The molecule has 0 fully saturated rings. The van der Waals surface area contributed by atoms with E-state index in [1.165, 1.54) is 18.3 Å². The summed E-state index contributed by atoms with van der Waals surface area (Å²) in [4.78, 5) is 28.0. The van der Waals surface area contributed by atoms with E-state index in [-0.39, 0.29) is 24.4 Å². The van der Waals surface area contributed by atoms with Crippen molar-refractivity contribution in [1.82, 2.24) is 20.3 Å². The van der Waals surface area contributed by atoms with Gasteiger partial charge < -0.3 is 20.1 Å². The van der Waals surface area contributed by atoms with Crippen LogP contribution >= 0.6 is 0 Å². The Bertz CT molecular complexity index is 1630. The summed E-state index contributed by atoms with van der Waals surface area (Å²) in [6, 6.07) is 11.1. The van der Waals surface area contributed by atoms with Crippen LogP contribution in [0.25, 0.3) is 11.3 Å². The first-order valence-corrected chi connectivity index (χ1v) is 15.4. The third-order valence-electron chi connectivity index (χ3n) is 6.60. The number of carbonyl (C=O) groups is 1. The molecule has 3 heterocycles. The molecule has 0 radical (unpaired) electrons. The standard InChI is InChI=1S/C29H35N7O5S/c1-28(2,3)41-27(37)36-18-29(4,17-31-12-13-42(6,38)39)21-15-19(14-20(16-30)24(21)36)22-9-11-33-26(34-22)35-23-8-7-10-32-25(23)40-5/h7-11,14-15,31H,12-13,17-18H2,1-6H3,(H,33,34,35). The molecule has 1 amide bonds. The lowest BCUT2D eigenvalue weighted by molar-refractivity contribution is 0.0578. The van der Waals surface area contributed by atoms with Crippen molar-refractivity contribution >= 4 is 33.3 Å². The molecule has 0 spiro atoms. The number of fused-ring (bicyclic) bond motifs is 1. The highest BCUT2D eigenvalue weighted by atomic mass is 32.2. The maximum absolute atomic E-state index is 13.3. The molecule has 12 nitrogen and oxygen atoms in total. The van der Waals surface area contributed by atoms with Crippen LogP contribution in [0, 0.1) is 11.3 Å². The second-order valence-corrected chi connectivity index (χ2v) is 13.7. The van der Waals surface area contributed by atoms with Crippen LogP contribution in [0.3, 0.4) is 0 Å². The third kappa shape index (κ3) is 7.13. The smallest absolute Gasteiger partial charge is 0.414 e. The molecule has 0 aliphatic carbocycles. The molecule has 1 aromatic carbocycles. The molecule has 13 heteroatoms. The summed E-state index contributed by atoms with van der Waals surface area (Å²) < 4.78 is 34.3. The Kier molecular flexibility index (Phi) is 8.70. The van der Waals surface area contributed by atoms with Crippen LogP contribution in [-0.4, -0.2) is 73.8 Å². The van der Waals surface area contributed by atoms with Gasteiger partial charge in [0.05, 0.1) is 29.8 Å². The maximum Gasteiger partial charge on any atom is 0.414 e. The number of hydrogen-bond acceptors (Lipinski definition) is 11. The van der Waals surface area contributed by atoms with Crippen molar-refractivity contribution < 1.29 is 22.7 Å². The molecule has 1 unspecified atom stereocenters. The van der Waals surface area contributed by atoms with Crippen molar-refractivity contribution in [3.63, 3.8) is 0 Å². The average Bonchev–Trinajstić information content (AvgIpc) is 3.22. The van der Waals surface area contributed by atoms with Crippen LogP contribution in [0.2, 0.25) is 0 Å². The van der Waals surface area contributed by atoms with E-state index in [1.54, 1.807) is 57.4 Å². The molecular formula is C29H35N7O5S. The maximum atomic E-state index is 13.3. The number of rotatable bonds is 9. The number of pyridine rings is 1. The highest BCUT2D eigenvalue weighted by molar-refractivity contribution is 7.90. The predicted molar refractivity (Wildman–Crippen MR) is 160 cm³/mol. The van der Waals surface area contributed by atoms with Gasteiger partial charge in [0, 0.05) is 49.3 Å². The molecule has 1 aliphatic rings. The lowest BCUT2D eigenvalue weighted by Crippen LogP contribution is -2.44. The lowest BCUT2D eigenvalue weighted by Gasteiger charge is -2.28. The number of nitrogens with zero attached hydrogens (tertiary/aromatic N) is 5. The minimum absolute atomic E-state index is 0.0202. The number of carbonyl (C=O) groups excluding carboxylic acids is 1. The van der Waals surface area contributed by atoms with Gasteiger partial charge in [0.25, 0.3) is 0 Å². The first kappa shape index (κ1) is 30.7. The van der Waals surface area contributed by atoms with Gasteiger partial charge in [-0.15, -0.1) is 0 Å². The molecule has 2 aromatic heterocycles. The summed E-state index contributed by atoms with van der Waals surface area (Å²) in [5, 5.41) is 16.5. The Hall–Kier alpha value is -4.28. The molecule has 1 atom stereocenters. The summed E-state index contributed by atoms with van der Waals surface area (Å²) in [5.41, 5.74) is 1.90. The van der Waals surface area contributed by atoms with E-state index in [9.17, 15) is 18.5 Å². The monoisotopic (exact) mass is 593 g/mol. The zero-order valence-corrected chi connectivity index (χ0v) is 25.4. The van der Waals surface area contributed by atoms with Crippen molar-refractivity contribution in [2.45, 2.75) is 38.7 Å². The van der Waals surface area contributed by atoms with E-state index >= 15 is 0 Å². The average molecular weight is 594 g/mol. The topological polar surface area (TPSA) is 159 Å². The van der Waals surface area contributed by atoms with Crippen LogP contribution in [0.5, 0.6) is 5.88 Å². The van der Waals surface area contributed by atoms with Crippen molar-refractivity contribution in [2.75, 3.05) is 49.0 Å². The van der Waals surface area contributed by atoms with E-state index in [0.29, 0.717) is 41.0 Å². The van der Waals surface area contributed by atoms with Crippen LogP contribution < -0.4 is 20.3 Å². The summed E-state index contributed by atoms with van der Waals surface area (Å²) >= 11 is 0. The molecule has 1 aliphatic heterocycles. The Morgan fingerprint density at radius 2 is 1.98 bits per heavy atom. The fourth-order valence-electron chi connectivity index (χ4n) is 4.73. The van der Waals surface area contributed by atoms with Gasteiger partial charge >= 0.3 is 6.09 Å². The van der Waals surface area contributed by atoms with Crippen LogP contribution in [-0.2, 0) is 20.0 Å². The largest absolute Gasteiger partial charge is 0.480 e. The molecular weight excluding hydrogens is 558 g/mol. The van der Waals surface area contributed by atoms with Crippen molar-refractivity contribution in [2.24, 2.45) is 0 Å². The molecule has 3 aromatic rings. The predicted octanol–water partition coefficient (Wildman–Crippen LogP) is 3.81. The fraction of sp³-hybridized carbons (Fsp3) is 0.414. The number of sulfone groups is 1. The summed E-state index contributed by atoms with van der Waals surface area (Å²) in [6.07, 6.45) is 3.84. The Labute approximate surface area is 246 Å². The van der Waals surface area contributed by atoms with Gasteiger partial charge in [0.1, 0.15) is 27.2 Å². The van der Waals surface area contributed by atoms with Gasteiger partial charge in [-0.05, 0) is 56.7 Å². The Morgan fingerprint density at radius 3 is 2.64 bits per heavy atom. The van der Waals surface area contributed by atoms with Crippen LogP contribution in [0.4, 0.5) is 22.1 Å². The van der Waals surface area contributed by atoms with Crippen LogP contribution in [0.1, 0.15) is 38.8 Å². The number of ether oxygens (including phenoxy) is 2. The molecule has 222 valence electrons. The number of aromatic nitrogens is 3. The van der Waals surface area contributed by atoms with Crippen molar-refractivity contribution in [1.29, 1.82) is 5.26 Å². The van der Waals surface area contributed by atoms with E-state index in [2.05, 4.69) is 31.7 Å². The number of benzene rings is 1. The van der Waals surface area contributed by atoms with Crippen molar-refractivity contribution in [3.05, 3.63) is 53.9 Å². The number of hydrogen-bond donors (Lipinski definition) is 2. The van der Waals surface area contributed by atoms with Gasteiger partial charge in [-0.2, -0.15) is 5.26 Å². The number of amides is 1. The number of methoxy groups -OCH3 is 1. The summed E-state index contributed by atoms with van der Waals surface area (Å²) in [5.74, 6) is 0.670. The number of nitrogens with one attached hydrogen (secondary N) is 2. The van der Waals surface area contributed by atoms with Gasteiger partial charge in [-0.3, -0.25) is 4.90 Å². The molecule has 0 saturated carbocycles. The highest BCUT2D eigenvalue weighted by Crippen LogP contribution is 2.45. The van der Waals surface area contributed by atoms with E-state index in [0.717, 1.165) is 5.56 Å². The Balaban J connectivity index is 1.75. The second-order valence-electron chi connectivity index (χ2n) is 11.4. The first-order valence-electron chi connectivity index (χ1n) is 13.3. The number of anilines is 3. The third-order valence-corrected chi connectivity index (χ3v) is 7.54. The van der Waals surface area contributed by atoms with E-state index in [4.69, 9.17) is 9.47 Å². The van der Waals surface area contributed by atoms with Gasteiger partial charge in [-0.1, -0.05) is 6.92 Å². The van der Waals surface area contributed by atoms with Crippen molar-refractivity contribution in [3.8, 4) is 23.2 Å². The van der Waals surface area contributed by atoms with Gasteiger partial charge in [0.15, 0.2) is 0 Å². The summed E-state index contributed by atoms with van der Waals surface area (Å²) in [7, 11) is -1.63. The number of nitriles is 1. The zero-order valence-electron chi connectivity index (χ0n) is 24.6. The molecule has 4 rings (SSSR count). The molecule has 2 N–H and O–H groups in total. The Morgan fingerprint density at radius 1 is 1.21 bits per heavy atom. The molecule has 0 bridgehead atoms. The SMILES string of the molecule is COc1ncccc1Nc1nccc(-c2cc(C#N)c3c(c2)C(C)(CNCCS(C)(=O)=O)CN3C(=O)OC(C)(C)C)n1. The first-order chi connectivity index (χ1) is 19.7. The van der Waals surface area contributed by atoms with Crippen LogP contribution in [0.15, 0.2) is 42.7 Å². The van der Waals surface area contributed by atoms with E-state index in [1.807, 2.05) is 13.0 Å². The van der Waals surface area contributed by atoms with E-state index < -0.39 is 26.9 Å². The summed E-state index contributed by atoms with van der Waals surface area (Å²) in [6.45, 7) is 8.16. The second kappa shape index (κ2) is 11.9. The lowest BCUT2D eigenvalue weighted by atomic mass is 9.82. The molecule has 42 heavy (non-hydrogen) atoms. The minimum Gasteiger partial charge on any atom is -0.480 e. The minimum atomic E-state index is -3.15. The zero-order chi connectivity index (χ0) is 30.7. The quantitative estimate of drug-likeness (QED) is 0.347. The van der Waals surface area contributed by atoms with Gasteiger partial charge in [-0.25, -0.2) is 28.2 Å². The normalized spacial score (nSPS) is 16.5. The molecule has 0 saturated heterocycles.